The van der Waals surface area contributed by atoms with E-state index in [1.54, 1.807) is 13.4 Å². The van der Waals surface area contributed by atoms with Crippen molar-refractivity contribution in [3.05, 3.63) is 41.7 Å². The van der Waals surface area contributed by atoms with Crippen molar-refractivity contribution in [3.8, 4) is 5.75 Å². The van der Waals surface area contributed by atoms with Gasteiger partial charge in [-0.1, -0.05) is 6.07 Å². The molecule has 3 heterocycles. The second-order valence-electron chi connectivity index (χ2n) is 7.75. The first kappa shape index (κ1) is 19.5. The van der Waals surface area contributed by atoms with Crippen LogP contribution in [0.15, 0.2) is 30.6 Å². The number of piperidine rings is 1. The van der Waals surface area contributed by atoms with Crippen LogP contribution in [0.2, 0.25) is 0 Å². The molecule has 2 aliphatic heterocycles. The maximum Gasteiger partial charge on any atom is 0.254 e. The van der Waals surface area contributed by atoms with Gasteiger partial charge in [-0.05, 0) is 43.9 Å². The summed E-state index contributed by atoms with van der Waals surface area (Å²) in [5.41, 5.74) is 1.71. The molecule has 0 N–H and O–H groups in total. The summed E-state index contributed by atoms with van der Waals surface area (Å²) >= 11 is 0. The minimum absolute atomic E-state index is 0.0552. The molecule has 0 radical (unpaired) electrons. The van der Waals surface area contributed by atoms with Crippen LogP contribution in [0.3, 0.4) is 0 Å². The van der Waals surface area contributed by atoms with E-state index in [1.807, 2.05) is 30.0 Å². The van der Waals surface area contributed by atoms with E-state index in [0.717, 1.165) is 49.1 Å². The van der Waals surface area contributed by atoms with Crippen molar-refractivity contribution in [2.75, 3.05) is 56.2 Å². The molecule has 0 atom stereocenters. The van der Waals surface area contributed by atoms with E-state index in [4.69, 9.17) is 4.74 Å². The third-order valence-corrected chi connectivity index (χ3v) is 5.86. The molecule has 0 unspecified atom stereocenters. The topological polar surface area (TPSA) is 61.8 Å². The van der Waals surface area contributed by atoms with Gasteiger partial charge >= 0.3 is 0 Å². The second-order valence-corrected chi connectivity index (χ2v) is 7.75. The van der Waals surface area contributed by atoms with E-state index in [-0.39, 0.29) is 5.91 Å². The monoisotopic (exact) mass is 395 g/mol. The average molecular weight is 396 g/mol. The Hall–Kier alpha value is -2.83. The van der Waals surface area contributed by atoms with Gasteiger partial charge in [0.1, 0.15) is 23.7 Å². The summed E-state index contributed by atoms with van der Waals surface area (Å²) in [6.45, 7) is 7.01. The van der Waals surface area contributed by atoms with Crippen LogP contribution < -0.4 is 14.5 Å². The first-order chi connectivity index (χ1) is 14.2. The van der Waals surface area contributed by atoms with Crippen molar-refractivity contribution >= 4 is 17.5 Å². The zero-order chi connectivity index (χ0) is 20.2. The molecule has 7 nitrogen and oxygen atoms in total. The van der Waals surface area contributed by atoms with Crippen LogP contribution in [0.4, 0.5) is 11.6 Å². The predicted octanol–water partition coefficient (Wildman–Crippen LogP) is 2.75. The van der Waals surface area contributed by atoms with Gasteiger partial charge in [-0.15, -0.1) is 0 Å². The summed E-state index contributed by atoms with van der Waals surface area (Å²) < 4.78 is 5.36. The van der Waals surface area contributed by atoms with Crippen molar-refractivity contribution in [2.45, 2.75) is 26.2 Å². The number of benzene rings is 1. The molecule has 154 valence electrons. The Labute approximate surface area is 172 Å². The van der Waals surface area contributed by atoms with Gasteiger partial charge in [0.15, 0.2) is 0 Å². The number of carbonyl (C=O) groups is 1. The predicted molar refractivity (Wildman–Crippen MR) is 114 cm³/mol. The molecule has 0 aliphatic carbocycles. The summed E-state index contributed by atoms with van der Waals surface area (Å²) in [5.74, 6) is 2.77. The Morgan fingerprint density at radius 3 is 2.21 bits per heavy atom. The zero-order valence-electron chi connectivity index (χ0n) is 17.3. The summed E-state index contributed by atoms with van der Waals surface area (Å²) in [5, 5.41) is 0. The molecule has 0 saturated carbocycles. The quantitative estimate of drug-likeness (QED) is 0.793. The fourth-order valence-electron chi connectivity index (χ4n) is 4.08. The van der Waals surface area contributed by atoms with Gasteiger partial charge in [0, 0.05) is 50.9 Å². The van der Waals surface area contributed by atoms with Crippen molar-refractivity contribution in [2.24, 2.45) is 0 Å². The van der Waals surface area contributed by atoms with Crippen LogP contribution in [-0.4, -0.2) is 67.2 Å². The van der Waals surface area contributed by atoms with Crippen LogP contribution in [0.1, 0.15) is 35.2 Å². The molecule has 7 heteroatoms. The number of piperazine rings is 1. The molecule has 1 amide bonds. The largest absolute Gasteiger partial charge is 0.496 e. The number of hydrogen-bond donors (Lipinski definition) is 0. The lowest BCUT2D eigenvalue weighted by Crippen LogP contribution is -2.49. The molecule has 29 heavy (non-hydrogen) atoms. The number of anilines is 2. The van der Waals surface area contributed by atoms with Crippen LogP contribution in [-0.2, 0) is 0 Å². The van der Waals surface area contributed by atoms with E-state index >= 15 is 0 Å². The van der Waals surface area contributed by atoms with Gasteiger partial charge in [0.05, 0.1) is 7.11 Å². The minimum Gasteiger partial charge on any atom is -0.496 e. The summed E-state index contributed by atoms with van der Waals surface area (Å²) in [6.07, 6.45) is 5.42. The molecule has 2 saturated heterocycles. The van der Waals surface area contributed by atoms with Crippen LogP contribution in [0, 0.1) is 6.92 Å². The van der Waals surface area contributed by atoms with Gasteiger partial charge in [-0.2, -0.15) is 0 Å². The highest BCUT2D eigenvalue weighted by atomic mass is 16.5. The lowest BCUT2D eigenvalue weighted by atomic mass is 10.1. The average Bonchev–Trinajstić information content (AvgIpc) is 2.80. The maximum absolute atomic E-state index is 12.9. The molecule has 2 aliphatic rings. The minimum atomic E-state index is 0.0552. The normalized spacial score (nSPS) is 17.4. The van der Waals surface area contributed by atoms with E-state index in [9.17, 15) is 4.79 Å². The first-order valence-corrected chi connectivity index (χ1v) is 10.4. The van der Waals surface area contributed by atoms with Crippen LogP contribution in [0.25, 0.3) is 0 Å². The van der Waals surface area contributed by atoms with Gasteiger partial charge in [-0.25, -0.2) is 9.97 Å². The molecule has 4 rings (SSSR count). The number of aromatic nitrogens is 2. The Kier molecular flexibility index (Phi) is 5.83. The summed E-state index contributed by atoms with van der Waals surface area (Å²) in [4.78, 5) is 28.4. The first-order valence-electron chi connectivity index (χ1n) is 10.4. The second kappa shape index (κ2) is 8.68. The third kappa shape index (κ3) is 4.28. The third-order valence-electron chi connectivity index (χ3n) is 5.86. The molecule has 0 spiro atoms. The Morgan fingerprint density at radius 1 is 0.897 bits per heavy atom. The number of hydrogen-bond acceptors (Lipinski definition) is 6. The lowest BCUT2D eigenvalue weighted by molar-refractivity contribution is 0.0746. The van der Waals surface area contributed by atoms with Crippen LogP contribution >= 0.6 is 0 Å². The summed E-state index contributed by atoms with van der Waals surface area (Å²) in [7, 11) is 1.63. The highest BCUT2D eigenvalue weighted by molar-refractivity contribution is 5.95. The number of rotatable bonds is 4. The molecular weight excluding hydrogens is 366 g/mol. The number of ether oxygens (including phenoxy) is 1. The van der Waals surface area contributed by atoms with Gasteiger partial charge in [0.25, 0.3) is 5.91 Å². The number of carbonyl (C=O) groups excluding carboxylic acids is 1. The van der Waals surface area contributed by atoms with E-state index < -0.39 is 0 Å². The molecule has 2 fully saturated rings. The van der Waals surface area contributed by atoms with E-state index in [2.05, 4.69) is 25.8 Å². The van der Waals surface area contributed by atoms with Gasteiger partial charge in [-0.3, -0.25) is 4.79 Å². The van der Waals surface area contributed by atoms with E-state index in [0.29, 0.717) is 18.7 Å². The Morgan fingerprint density at radius 2 is 1.55 bits per heavy atom. The number of aryl methyl sites for hydroxylation is 1. The molecular formula is C22H29N5O2. The standard InChI is InChI=1S/C22H29N5O2/c1-17-6-7-18(14-19(17)29-2)22(28)27-12-10-26(11-13-27)21-15-20(23-16-24-21)25-8-4-3-5-9-25/h6-7,14-16H,3-5,8-13H2,1-2H3. The van der Waals surface area contributed by atoms with Crippen molar-refractivity contribution in [1.82, 2.24) is 14.9 Å². The molecule has 2 aromatic rings. The fourth-order valence-corrected chi connectivity index (χ4v) is 4.08. The van der Waals surface area contributed by atoms with Gasteiger partial charge < -0.3 is 19.4 Å². The Balaban J connectivity index is 1.40. The van der Waals surface area contributed by atoms with Crippen molar-refractivity contribution in [3.63, 3.8) is 0 Å². The maximum atomic E-state index is 12.9. The van der Waals surface area contributed by atoms with Gasteiger partial charge in [0.2, 0.25) is 0 Å². The van der Waals surface area contributed by atoms with E-state index in [1.165, 1.54) is 19.3 Å². The zero-order valence-corrected chi connectivity index (χ0v) is 17.3. The highest BCUT2D eigenvalue weighted by Gasteiger charge is 2.24. The number of amides is 1. The number of methoxy groups -OCH3 is 1. The Bertz CT molecular complexity index is 858. The van der Waals surface area contributed by atoms with Crippen molar-refractivity contribution < 1.29 is 9.53 Å². The lowest BCUT2D eigenvalue weighted by Gasteiger charge is -2.36. The summed E-state index contributed by atoms with van der Waals surface area (Å²) in [6, 6.07) is 7.74. The fraction of sp³-hybridized carbons (Fsp3) is 0.500. The molecule has 0 bridgehead atoms. The highest BCUT2D eigenvalue weighted by Crippen LogP contribution is 2.23. The number of nitrogens with zero attached hydrogens (tertiary/aromatic N) is 5. The van der Waals surface area contributed by atoms with Crippen molar-refractivity contribution in [1.29, 1.82) is 0 Å². The molecule has 1 aromatic carbocycles. The molecule has 1 aromatic heterocycles. The smallest absolute Gasteiger partial charge is 0.254 e. The van der Waals surface area contributed by atoms with Crippen LogP contribution in [0.5, 0.6) is 5.75 Å². The SMILES string of the molecule is COc1cc(C(=O)N2CCN(c3cc(N4CCCCC4)ncn3)CC2)ccc1C.